The number of aliphatic hydroxyl groups is 1. The number of aromatic nitrogens is 3. The van der Waals surface area contributed by atoms with Gasteiger partial charge in [0.1, 0.15) is 16.4 Å². The maximum atomic E-state index is 9.42. The van der Waals surface area contributed by atoms with Gasteiger partial charge >= 0.3 is 0 Å². The van der Waals surface area contributed by atoms with Crippen LogP contribution >= 0.6 is 35.0 Å². The van der Waals surface area contributed by atoms with Gasteiger partial charge in [0.2, 0.25) is 0 Å². The van der Waals surface area contributed by atoms with E-state index >= 15 is 0 Å². The normalized spacial score (nSPS) is 16.5. The summed E-state index contributed by atoms with van der Waals surface area (Å²) >= 11 is 13.8. The predicted molar refractivity (Wildman–Crippen MR) is 113 cm³/mol. The van der Waals surface area contributed by atoms with Crippen LogP contribution < -0.4 is 10.6 Å². The van der Waals surface area contributed by atoms with Gasteiger partial charge in [0.25, 0.3) is 0 Å². The number of anilines is 1. The third-order valence-electron chi connectivity index (χ3n) is 4.90. The number of piperidine rings is 1. The fourth-order valence-corrected chi connectivity index (χ4v) is 4.41. The molecule has 0 bridgehead atoms. The molecule has 0 spiro atoms. The molecule has 1 aliphatic heterocycles. The molecule has 146 valence electrons. The average Bonchev–Trinajstić information content (AvgIpc) is 2.72. The minimum absolute atomic E-state index is 0.00520. The minimum atomic E-state index is -0.490. The van der Waals surface area contributed by atoms with E-state index in [0.29, 0.717) is 15.7 Å². The van der Waals surface area contributed by atoms with Crippen LogP contribution in [0, 0.1) is 0 Å². The van der Waals surface area contributed by atoms with E-state index < -0.39 is 5.54 Å². The van der Waals surface area contributed by atoms with Crippen LogP contribution in [0.5, 0.6) is 0 Å². The lowest BCUT2D eigenvalue weighted by molar-refractivity contribution is 0.170. The second-order valence-corrected chi connectivity index (χ2v) is 8.73. The van der Waals surface area contributed by atoms with E-state index in [1.165, 1.54) is 11.8 Å². The van der Waals surface area contributed by atoms with E-state index in [9.17, 15) is 5.11 Å². The molecule has 9 heteroatoms. The van der Waals surface area contributed by atoms with Crippen LogP contribution in [-0.2, 0) is 0 Å². The highest BCUT2D eigenvalue weighted by molar-refractivity contribution is 7.99. The van der Waals surface area contributed by atoms with Gasteiger partial charge in [-0.2, -0.15) is 0 Å². The zero-order chi connectivity index (χ0) is 19.7. The number of hydrogen-bond donors (Lipinski definition) is 2. The summed E-state index contributed by atoms with van der Waals surface area (Å²) in [7, 11) is 0. The highest BCUT2D eigenvalue weighted by atomic mass is 35.5. The number of aliphatic hydroxyl groups excluding tert-OH is 1. The first-order valence-electron chi connectivity index (χ1n) is 8.88. The summed E-state index contributed by atoms with van der Waals surface area (Å²) in [4.78, 5) is 16.7. The standard InChI is InChI=1S/C19H19Cl2N5OS/c20-12-2-1-3-14(17(12)21)28-16-5-4-13-18(25-16)23-10-15(24-13)26-8-6-19(22,11-27)7-9-26/h1-5,10,27H,6-9,11,22H2. The Labute approximate surface area is 177 Å². The molecule has 3 aromatic rings. The van der Waals surface area contributed by atoms with Crippen LogP contribution in [0.25, 0.3) is 11.2 Å². The van der Waals surface area contributed by atoms with Gasteiger partial charge in [0, 0.05) is 23.5 Å². The third kappa shape index (κ3) is 4.04. The summed E-state index contributed by atoms with van der Waals surface area (Å²) in [5.41, 5.74) is 6.96. The second-order valence-electron chi connectivity index (χ2n) is 6.88. The van der Waals surface area contributed by atoms with Crippen LogP contribution in [0.4, 0.5) is 5.82 Å². The highest BCUT2D eigenvalue weighted by Gasteiger charge is 2.30. The van der Waals surface area contributed by atoms with Gasteiger partial charge in [-0.05, 0) is 37.1 Å². The first kappa shape index (κ1) is 19.7. The molecule has 4 rings (SSSR count). The molecule has 28 heavy (non-hydrogen) atoms. The summed E-state index contributed by atoms with van der Waals surface area (Å²) in [5.74, 6) is 0.799. The summed E-state index contributed by atoms with van der Waals surface area (Å²) in [5, 5.41) is 11.2. The molecule has 1 fully saturated rings. The zero-order valence-corrected chi connectivity index (χ0v) is 17.3. The van der Waals surface area contributed by atoms with Crippen LogP contribution in [-0.4, -0.2) is 45.3 Å². The number of rotatable bonds is 4. The minimum Gasteiger partial charge on any atom is -0.394 e. The van der Waals surface area contributed by atoms with Crippen molar-refractivity contribution in [1.82, 2.24) is 15.0 Å². The summed E-state index contributed by atoms with van der Waals surface area (Å²) in [6.45, 7) is 1.49. The van der Waals surface area contributed by atoms with Gasteiger partial charge in [-0.3, -0.25) is 0 Å². The molecule has 3 heterocycles. The first-order chi connectivity index (χ1) is 13.5. The molecule has 1 aromatic carbocycles. The molecule has 2 aromatic heterocycles. The Morgan fingerprint density at radius 1 is 1.14 bits per heavy atom. The summed E-state index contributed by atoms with van der Waals surface area (Å²) in [6.07, 6.45) is 3.17. The van der Waals surface area contributed by atoms with E-state index in [-0.39, 0.29) is 6.61 Å². The van der Waals surface area contributed by atoms with Crippen molar-refractivity contribution < 1.29 is 5.11 Å². The van der Waals surface area contributed by atoms with E-state index in [2.05, 4.69) is 14.9 Å². The fourth-order valence-electron chi connectivity index (χ4n) is 3.10. The molecular formula is C19H19Cl2N5OS. The Balaban J connectivity index is 1.54. The number of benzene rings is 1. The molecule has 0 atom stereocenters. The average molecular weight is 436 g/mol. The molecule has 0 aliphatic carbocycles. The first-order valence-corrected chi connectivity index (χ1v) is 10.4. The van der Waals surface area contributed by atoms with Crippen molar-refractivity contribution in [3.63, 3.8) is 0 Å². The summed E-state index contributed by atoms with van der Waals surface area (Å²) in [6, 6.07) is 9.32. The highest BCUT2D eigenvalue weighted by Crippen LogP contribution is 2.36. The van der Waals surface area contributed by atoms with Gasteiger partial charge in [-0.15, -0.1) is 0 Å². The number of hydrogen-bond acceptors (Lipinski definition) is 7. The van der Waals surface area contributed by atoms with E-state index in [1.54, 1.807) is 12.3 Å². The van der Waals surface area contributed by atoms with E-state index in [1.807, 2.05) is 24.3 Å². The number of fused-ring (bicyclic) bond motifs is 1. The molecule has 0 amide bonds. The number of nitrogens with two attached hydrogens (primary N) is 1. The van der Waals surface area contributed by atoms with Gasteiger partial charge in [-0.25, -0.2) is 15.0 Å². The van der Waals surface area contributed by atoms with Crippen LogP contribution in [0.1, 0.15) is 12.8 Å². The monoisotopic (exact) mass is 435 g/mol. The van der Waals surface area contributed by atoms with E-state index in [4.69, 9.17) is 33.9 Å². The Kier molecular flexibility index (Phi) is 5.62. The maximum absolute atomic E-state index is 9.42. The van der Waals surface area contributed by atoms with Gasteiger partial charge < -0.3 is 15.7 Å². The van der Waals surface area contributed by atoms with Crippen molar-refractivity contribution >= 4 is 51.9 Å². The summed E-state index contributed by atoms with van der Waals surface area (Å²) < 4.78 is 0. The number of nitrogens with zero attached hydrogens (tertiary/aromatic N) is 4. The van der Waals surface area contributed by atoms with Crippen LogP contribution in [0.2, 0.25) is 10.0 Å². The van der Waals surface area contributed by atoms with Gasteiger partial charge in [0.05, 0.1) is 22.8 Å². The molecular weight excluding hydrogens is 417 g/mol. The van der Waals surface area contributed by atoms with Crippen molar-refractivity contribution in [2.75, 3.05) is 24.6 Å². The Morgan fingerprint density at radius 3 is 2.68 bits per heavy atom. The molecule has 6 nitrogen and oxygen atoms in total. The predicted octanol–water partition coefficient (Wildman–Crippen LogP) is 3.77. The molecule has 0 saturated carbocycles. The Hall–Kier alpha value is -1.64. The van der Waals surface area contributed by atoms with Crippen LogP contribution in [0.15, 0.2) is 46.5 Å². The third-order valence-corrected chi connectivity index (χ3v) is 6.82. The molecule has 0 unspecified atom stereocenters. The lowest BCUT2D eigenvalue weighted by atomic mass is 9.90. The Bertz CT molecular complexity index is 1010. The lowest BCUT2D eigenvalue weighted by Gasteiger charge is -2.38. The molecule has 1 aliphatic rings. The smallest absolute Gasteiger partial charge is 0.179 e. The SMILES string of the molecule is NC1(CO)CCN(c2cnc3nc(Sc4cccc(Cl)c4Cl)ccc3n2)CC1. The largest absolute Gasteiger partial charge is 0.394 e. The topological polar surface area (TPSA) is 88.2 Å². The Morgan fingerprint density at radius 2 is 1.93 bits per heavy atom. The fraction of sp³-hybridized carbons (Fsp3) is 0.316. The quantitative estimate of drug-likeness (QED) is 0.644. The van der Waals surface area contributed by atoms with Crippen molar-refractivity contribution in [2.24, 2.45) is 5.73 Å². The number of pyridine rings is 1. The van der Waals surface area contributed by atoms with E-state index in [0.717, 1.165) is 47.2 Å². The molecule has 0 radical (unpaired) electrons. The van der Waals surface area contributed by atoms with Gasteiger partial charge in [0.15, 0.2) is 5.65 Å². The molecule has 1 saturated heterocycles. The van der Waals surface area contributed by atoms with Crippen molar-refractivity contribution in [3.8, 4) is 0 Å². The number of halogens is 2. The van der Waals surface area contributed by atoms with Crippen molar-refractivity contribution in [2.45, 2.75) is 28.3 Å². The lowest BCUT2D eigenvalue weighted by Crippen LogP contribution is -2.53. The van der Waals surface area contributed by atoms with Crippen molar-refractivity contribution in [3.05, 3.63) is 46.6 Å². The second kappa shape index (κ2) is 8.00. The maximum Gasteiger partial charge on any atom is 0.179 e. The van der Waals surface area contributed by atoms with Crippen molar-refractivity contribution in [1.29, 1.82) is 0 Å². The zero-order valence-electron chi connectivity index (χ0n) is 15.0. The van der Waals surface area contributed by atoms with Gasteiger partial charge in [-0.1, -0.05) is 41.0 Å². The molecule has 3 N–H and O–H groups in total. The van der Waals surface area contributed by atoms with Crippen LogP contribution in [0.3, 0.4) is 0 Å².